The Bertz CT molecular complexity index is 825. The van der Waals surface area contributed by atoms with Crippen molar-refractivity contribution in [3.63, 3.8) is 0 Å². The van der Waals surface area contributed by atoms with E-state index in [1.807, 2.05) is 43.3 Å². The van der Waals surface area contributed by atoms with Crippen LogP contribution in [0.1, 0.15) is 17.5 Å². The first-order valence-corrected chi connectivity index (χ1v) is 8.25. The standard InChI is InChI=1S/C18H18N2O2S/c1-12-3-9-15-16(11-12)23-18(19-15)20-17(21)10-6-13-4-7-14(22-2)8-5-13/h3-5,7-9,11H,6,10H2,1-2H3,(H,19,20,21). The Morgan fingerprint density at radius 1 is 1.22 bits per heavy atom. The number of aryl methyl sites for hydroxylation is 2. The van der Waals surface area contributed by atoms with Gasteiger partial charge in [-0.1, -0.05) is 29.5 Å². The molecule has 1 N–H and O–H groups in total. The van der Waals surface area contributed by atoms with E-state index in [1.165, 1.54) is 16.9 Å². The van der Waals surface area contributed by atoms with Crippen LogP contribution in [-0.2, 0) is 11.2 Å². The summed E-state index contributed by atoms with van der Waals surface area (Å²) in [6.07, 6.45) is 1.13. The van der Waals surface area contributed by atoms with Crippen LogP contribution in [0.3, 0.4) is 0 Å². The SMILES string of the molecule is COc1ccc(CCC(=O)Nc2nc3ccc(C)cc3s2)cc1. The van der Waals surface area contributed by atoms with E-state index >= 15 is 0 Å². The summed E-state index contributed by atoms with van der Waals surface area (Å²) in [7, 11) is 1.64. The van der Waals surface area contributed by atoms with Gasteiger partial charge in [0.05, 0.1) is 17.3 Å². The predicted molar refractivity (Wildman–Crippen MR) is 94.3 cm³/mol. The van der Waals surface area contributed by atoms with E-state index in [-0.39, 0.29) is 5.91 Å². The summed E-state index contributed by atoms with van der Waals surface area (Å²) in [5.74, 6) is 0.805. The molecule has 0 atom stereocenters. The fourth-order valence-corrected chi connectivity index (χ4v) is 3.30. The van der Waals surface area contributed by atoms with Gasteiger partial charge >= 0.3 is 0 Å². The highest BCUT2D eigenvalue weighted by molar-refractivity contribution is 7.22. The van der Waals surface area contributed by atoms with E-state index in [9.17, 15) is 4.79 Å². The van der Waals surface area contributed by atoms with Crippen LogP contribution >= 0.6 is 11.3 Å². The van der Waals surface area contributed by atoms with Gasteiger partial charge in [0.1, 0.15) is 5.75 Å². The minimum absolute atomic E-state index is 0.0170. The molecule has 1 amide bonds. The van der Waals surface area contributed by atoms with Crippen LogP contribution in [0.5, 0.6) is 5.75 Å². The number of carbonyl (C=O) groups is 1. The highest BCUT2D eigenvalue weighted by Crippen LogP contribution is 2.26. The number of nitrogens with one attached hydrogen (secondary N) is 1. The van der Waals surface area contributed by atoms with E-state index in [4.69, 9.17) is 4.74 Å². The number of rotatable bonds is 5. The maximum absolute atomic E-state index is 12.1. The quantitative estimate of drug-likeness (QED) is 0.765. The number of benzene rings is 2. The number of carbonyl (C=O) groups excluding carboxylic acids is 1. The average Bonchev–Trinajstić information content (AvgIpc) is 2.94. The van der Waals surface area contributed by atoms with Gasteiger partial charge in [-0.3, -0.25) is 4.79 Å². The van der Waals surface area contributed by atoms with Crippen molar-refractivity contribution in [2.75, 3.05) is 12.4 Å². The van der Waals surface area contributed by atoms with Gasteiger partial charge in [0, 0.05) is 6.42 Å². The molecular formula is C18H18N2O2S. The Morgan fingerprint density at radius 2 is 2.00 bits per heavy atom. The van der Waals surface area contributed by atoms with Crippen molar-refractivity contribution in [3.8, 4) is 5.75 Å². The van der Waals surface area contributed by atoms with Gasteiger partial charge in [0.15, 0.2) is 5.13 Å². The smallest absolute Gasteiger partial charge is 0.226 e. The summed E-state index contributed by atoms with van der Waals surface area (Å²) in [5.41, 5.74) is 3.23. The maximum Gasteiger partial charge on any atom is 0.226 e. The molecule has 0 aliphatic rings. The number of aromatic nitrogens is 1. The van der Waals surface area contributed by atoms with Gasteiger partial charge in [0.2, 0.25) is 5.91 Å². The highest BCUT2D eigenvalue weighted by Gasteiger charge is 2.08. The fourth-order valence-electron chi connectivity index (χ4n) is 2.32. The van der Waals surface area contributed by atoms with Gasteiger partial charge in [-0.2, -0.15) is 0 Å². The molecule has 1 heterocycles. The van der Waals surface area contributed by atoms with Crippen LogP contribution in [-0.4, -0.2) is 18.0 Å². The molecule has 1 aromatic heterocycles. The van der Waals surface area contributed by atoms with E-state index in [0.717, 1.165) is 21.5 Å². The lowest BCUT2D eigenvalue weighted by molar-refractivity contribution is -0.116. The minimum Gasteiger partial charge on any atom is -0.497 e. The Balaban J connectivity index is 1.59. The Kier molecular flexibility index (Phi) is 4.57. The maximum atomic E-state index is 12.1. The summed E-state index contributed by atoms with van der Waals surface area (Å²) in [5, 5.41) is 3.55. The van der Waals surface area contributed by atoms with Crippen LogP contribution < -0.4 is 10.1 Å². The normalized spacial score (nSPS) is 10.7. The van der Waals surface area contributed by atoms with E-state index in [1.54, 1.807) is 7.11 Å². The zero-order valence-electron chi connectivity index (χ0n) is 13.1. The number of hydrogen-bond donors (Lipinski definition) is 1. The molecule has 5 heteroatoms. The van der Waals surface area contributed by atoms with Gasteiger partial charge < -0.3 is 10.1 Å². The third-order valence-electron chi connectivity index (χ3n) is 3.59. The molecule has 0 unspecified atom stereocenters. The molecule has 2 aromatic carbocycles. The first kappa shape index (κ1) is 15.5. The van der Waals surface area contributed by atoms with Crippen LogP contribution in [0.15, 0.2) is 42.5 Å². The summed E-state index contributed by atoms with van der Waals surface area (Å²) in [6.45, 7) is 2.05. The molecular weight excluding hydrogens is 308 g/mol. The topological polar surface area (TPSA) is 51.2 Å². The average molecular weight is 326 g/mol. The number of ether oxygens (including phenoxy) is 1. The molecule has 0 fully saturated rings. The summed E-state index contributed by atoms with van der Waals surface area (Å²) in [4.78, 5) is 16.5. The highest BCUT2D eigenvalue weighted by atomic mass is 32.1. The summed E-state index contributed by atoms with van der Waals surface area (Å²) in [6, 6.07) is 13.9. The summed E-state index contributed by atoms with van der Waals surface area (Å²) < 4.78 is 6.22. The number of fused-ring (bicyclic) bond motifs is 1. The van der Waals surface area contributed by atoms with E-state index in [2.05, 4.69) is 16.4 Å². The lowest BCUT2D eigenvalue weighted by Crippen LogP contribution is -2.12. The predicted octanol–water partition coefficient (Wildman–Crippen LogP) is 4.18. The van der Waals surface area contributed by atoms with Gasteiger partial charge in [-0.25, -0.2) is 4.98 Å². The molecule has 0 radical (unpaired) electrons. The van der Waals surface area contributed by atoms with E-state index < -0.39 is 0 Å². The molecule has 0 bridgehead atoms. The fraction of sp³-hybridized carbons (Fsp3) is 0.222. The van der Waals surface area contributed by atoms with Gasteiger partial charge in [-0.15, -0.1) is 0 Å². The molecule has 0 aliphatic heterocycles. The number of thiazole rings is 1. The molecule has 3 rings (SSSR count). The second kappa shape index (κ2) is 6.79. The molecule has 23 heavy (non-hydrogen) atoms. The molecule has 0 spiro atoms. The Morgan fingerprint density at radius 3 is 2.74 bits per heavy atom. The number of amides is 1. The van der Waals surface area contributed by atoms with Gasteiger partial charge in [0.25, 0.3) is 0 Å². The lowest BCUT2D eigenvalue weighted by Gasteiger charge is -2.03. The van der Waals surface area contributed by atoms with Crippen molar-refractivity contribution in [3.05, 3.63) is 53.6 Å². The first-order valence-electron chi connectivity index (χ1n) is 7.44. The zero-order chi connectivity index (χ0) is 16.2. The monoisotopic (exact) mass is 326 g/mol. The molecule has 118 valence electrons. The largest absolute Gasteiger partial charge is 0.497 e. The van der Waals surface area contributed by atoms with Crippen LogP contribution in [0.2, 0.25) is 0 Å². The Hall–Kier alpha value is -2.40. The van der Waals surface area contributed by atoms with Gasteiger partial charge in [-0.05, 0) is 48.7 Å². The van der Waals surface area contributed by atoms with E-state index in [0.29, 0.717) is 18.0 Å². The number of methoxy groups -OCH3 is 1. The molecule has 4 nitrogen and oxygen atoms in total. The van der Waals surface area contributed by atoms with Crippen LogP contribution in [0.4, 0.5) is 5.13 Å². The molecule has 0 aliphatic carbocycles. The van der Waals surface area contributed by atoms with Crippen LogP contribution in [0.25, 0.3) is 10.2 Å². The van der Waals surface area contributed by atoms with Crippen molar-refractivity contribution in [1.82, 2.24) is 4.98 Å². The van der Waals surface area contributed by atoms with Crippen molar-refractivity contribution in [1.29, 1.82) is 0 Å². The third kappa shape index (κ3) is 3.87. The van der Waals surface area contributed by atoms with Crippen molar-refractivity contribution in [2.24, 2.45) is 0 Å². The van der Waals surface area contributed by atoms with Crippen LogP contribution in [0, 0.1) is 6.92 Å². The first-order chi connectivity index (χ1) is 11.1. The number of hydrogen-bond acceptors (Lipinski definition) is 4. The van der Waals surface area contributed by atoms with Crippen molar-refractivity contribution < 1.29 is 9.53 Å². The number of anilines is 1. The van der Waals surface area contributed by atoms with Crippen molar-refractivity contribution >= 4 is 32.6 Å². The second-order valence-corrected chi connectivity index (χ2v) is 6.42. The second-order valence-electron chi connectivity index (χ2n) is 5.39. The third-order valence-corrected chi connectivity index (χ3v) is 4.52. The minimum atomic E-state index is -0.0170. The molecule has 0 saturated heterocycles. The summed E-state index contributed by atoms with van der Waals surface area (Å²) >= 11 is 1.51. The number of nitrogens with zero attached hydrogens (tertiary/aromatic N) is 1. The molecule has 0 saturated carbocycles. The van der Waals surface area contributed by atoms with Crippen molar-refractivity contribution in [2.45, 2.75) is 19.8 Å². The molecule has 3 aromatic rings. The zero-order valence-corrected chi connectivity index (χ0v) is 13.9. The lowest BCUT2D eigenvalue weighted by atomic mass is 10.1. The Labute approximate surface area is 139 Å².